The first-order valence-electron chi connectivity index (χ1n) is 9.49. The molecule has 3 aromatic rings. The van der Waals surface area contributed by atoms with Crippen molar-refractivity contribution in [1.29, 1.82) is 0 Å². The van der Waals surface area contributed by atoms with E-state index in [4.69, 9.17) is 16.3 Å². The molecule has 0 fully saturated rings. The fraction of sp³-hybridized carbons (Fsp3) is 0.0909. The molecule has 33 heavy (non-hydrogen) atoms. The molecule has 172 valence electrons. The van der Waals surface area contributed by atoms with Crippen LogP contribution in [-0.2, 0) is 14.8 Å². The lowest BCUT2D eigenvalue weighted by Gasteiger charge is -2.14. The van der Waals surface area contributed by atoms with Gasteiger partial charge in [0.2, 0.25) is 5.91 Å². The predicted molar refractivity (Wildman–Crippen MR) is 123 cm³/mol. The number of benzene rings is 3. The monoisotopic (exact) mass is 491 g/mol. The van der Waals surface area contributed by atoms with Gasteiger partial charge < -0.3 is 15.4 Å². The highest BCUT2D eigenvalue weighted by atomic mass is 35.5. The quantitative estimate of drug-likeness (QED) is 0.445. The highest BCUT2D eigenvalue weighted by Crippen LogP contribution is 2.30. The molecule has 0 saturated carbocycles. The summed E-state index contributed by atoms with van der Waals surface area (Å²) in [5.41, 5.74) is 0.112. The number of nitrogens with one attached hydrogen (secondary N) is 3. The van der Waals surface area contributed by atoms with Crippen molar-refractivity contribution in [2.24, 2.45) is 0 Å². The van der Waals surface area contributed by atoms with Crippen molar-refractivity contribution in [3.8, 4) is 5.75 Å². The first-order valence-corrected chi connectivity index (χ1v) is 11.4. The van der Waals surface area contributed by atoms with E-state index in [9.17, 15) is 22.4 Å². The summed E-state index contributed by atoms with van der Waals surface area (Å²) in [6.45, 7) is -0.459. The molecule has 0 atom stereocenters. The van der Waals surface area contributed by atoms with Crippen molar-refractivity contribution in [1.82, 2.24) is 5.32 Å². The summed E-state index contributed by atoms with van der Waals surface area (Å²) in [6, 6.07) is 15.7. The maximum atomic E-state index is 13.7. The number of carbonyl (C=O) groups excluding carboxylic acids is 2. The van der Waals surface area contributed by atoms with E-state index in [0.717, 1.165) is 6.07 Å². The van der Waals surface area contributed by atoms with E-state index < -0.39 is 34.2 Å². The van der Waals surface area contributed by atoms with Gasteiger partial charge in [-0.3, -0.25) is 14.3 Å². The van der Waals surface area contributed by atoms with Crippen molar-refractivity contribution >= 4 is 44.8 Å². The number of halogens is 2. The second-order valence-electron chi connectivity index (χ2n) is 6.66. The van der Waals surface area contributed by atoms with Gasteiger partial charge in [-0.05, 0) is 42.5 Å². The third kappa shape index (κ3) is 5.99. The number of rotatable bonds is 8. The van der Waals surface area contributed by atoms with Gasteiger partial charge in [-0.2, -0.15) is 0 Å². The van der Waals surface area contributed by atoms with Gasteiger partial charge in [0.25, 0.3) is 15.9 Å². The Morgan fingerprint density at radius 2 is 1.73 bits per heavy atom. The van der Waals surface area contributed by atoms with Gasteiger partial charge in [0.15, 0.2) is 0 Å². The molecule has 0 aromatic heterocycles. The van der Waals surface area contributed by atoms with Gasteiger partial charge in [-0.25, -0.2) is 12.8 Å². The Morgan fingerprint density at radius 3 is 2.42 bits per heavy atom. The van der Waals surface area contributed by atoms with E-state index in [1.54, 1.807) is 12.1 Å². The summed E-state index contributed by atoms with van der Waals surface area (Å²) in [5.74, 6) is -2.08. The van der Waals surface area contributed by atoms with Crippen LogP contribution >= 0.6 is 11.6 Å². The molecular formula is C22H19ClFN3O5S. The number of para-hydroxylation sites is 1. The van der Waals surface area contributed by atoms with Crippen molar-refractivity contribution < 1.29 is 27.1 Å². The van der Waals surface area contributed by atoms with Crippen molar-refractivity contribution in [3.05, 3.63) is 83.1 Å². The summed E-state index contributed by atoms with van der Waals surface area (Å²) in [5, 5.41) is 4.99. The summed E-state index contributed by atoms with van der Waals surface area (Å²) >= 11 is 6.03. The number of ether oxygens (including phenoxy) is 1. The standard InChI is InChI=1S/C22H19ClFN3O5S/c1-32-19-11-10-14(12-20(19)33(30,31)27-18-9-5-3-7-16(18)23)26-21(28)13-25-22(29)15-6-2-4-8-17(15)24/h2-12,27H,13H2,1H3,(H,25,29)(H,26,28). The number of methoxy groups -OCH3 is 1. The number of carbonyl (C=O) groups is 2. The molecule has 3 aromatic carbocycles. The van der Waals surface area contributed by atoms with Gasteiger partial charge in [-0.15, -0.1) is 0 Å². The van der Waals surface area contributed by atoms with Gasteiger partial charge in [-0.1, -0.05) is 35.9 Å². The average molecular weight is 492 g/mol. The first-order chi connectivity index (χ1) is 15.7. The van der Waals surface area contributed by atoms with Crippen LogP contribution in [0.25, 0.3) is 0 Å². The normalized spacial score (nSPS) is 10.9. The van der Waals surface area contributed by atoms with E-state index in [1.165, 1.54) is 55.6 Å². The Hall–Kier alpha value is -3.63. The number of anilines is 2. The van der Waals surface area contributed by atoms with Crippen LogP contribution in [-0.4, -0.2) is 33.9 Å². The van der Waals surface area contributed by atoms with Crippen molar-refractivity contribution in [3.63, 3.8) is 0 Å². The van der Waals surface area contributed by atoms with Crippen molar-refractivity contribution in [2.45, 2.75) is 4.90 Å². The minimum atomic E-state index is -4.13. The molecule has 0 aliphatic heterocycles. The molecule has 11 heteroatoms. The van der Waals surface area contributed by atoms with Crippen LogP contribution in [0.4, 0.5) is 15.8 Å². The van der Waals surface area contributed by atoms with Gasteiger partial charge in [0.1, 0.15) is 16.5 Å². The molecule has 0 unspecified atom stereocenters. The summed E-state index contributed by atoms with van der Waals surface area (Å²) in [7, 11) is -2.82. The topological polar surface area (TPSA) is 114 Å². The van der Waals surface area contributed by atoms with E-state index in [0.29, 0.717) is 0 Å². The fourth-order valence-electron chi connectivity index (χ4n) is 2.81. The van der Waals surface area contributed by atoms with Crippen LogP contribution in [0.2, 0.25) is 5.02 Å². The zero-order valence-electron chi connectivity index (χ0n) is 17.3. The van der Waals surface area contributed by atoms with Gasteiger partial charge in [0.05, 0.1) is 29.9 Å². The van der Waals surface area contributed by atoms with E-state index >= 15 is 0 Å². The maximum absolute atomic E-state index is 13.7. The largest absolute Gasteiger partial charge is 0.495 e. The molecule has 2 amide bonds. The van der Waals surface area contributed by atoms with Crippen LogP contribution in [0.1, 0.15) is 10.4 Å². The lowest BCUT2D eigenvalue weighted by molar-refractivity contribution is -0.115. The number of hydrogen-bond donors (Lipinski definition) is 3. The molecule has 3 N–H and O–H groups in total. The number of sulfonamides is 1. The summed E-state index contributed by atoms with van der Waals surface area (Å²) < 4.78 is 47.0. The molecule has 0 aliphatic carbocycles. The Balaban J connectivity index is 1.73. The Kier molecular flexibility index (Phi) is 7.52. The van der Waals surface area contributed by atoms with Gasteiger partial charge >= 0.3 is 0 Å². The maximum Gasteiger partial charge on any atom is 0.265 e. The van der Waals surface area contributed by atoms with Crippen LogP contribution in [0.5, 0.6) is 5.75 Å². The minimum absolute atomic E-state index is 0.0420. The van der Waals surface area contributed by atoms with Crippen LogP contribution in [0.3, 0.4) is 0 Å². The summed E-state index contributed by atoms with van der Waals surface area (Å²) in [6.07, 6.45) is 0. The summed E-state index contributed by atoms with van der Waals surface area (Å²) in [4.78, 5) is 24.1. The zero-order valence-corrected chi connectivity index (χ0v) is 18.8. The zero-order chi connectivity index (χ0) is 24.0. The lowest BCUT2D eigenvalue weighted by Crippen LogP contribution is -2.33. The fourth-order valence-corrected chi connectivity index (χ4v) is 4.33. The molecule has 0 spiro atoms. The highest BCUT2D eigenvalue weighted by molar-refractivity contribution is 7.92. The first kappa shape index (κ1) is 24.0. The Bertz CT molecular complexity index is 1300. The Labute approximate surface area is 194 Å². The van der Waals surface area contributed by atoms with E-state index in [1.807, 2.05) is 0 Å². The van der Waals surface area contributed by atoms with E-state index in [2.05, 4.69) is 15.4 Å². The van der Waals surface area contributed by atoms with Crippen LogP contribution in [0.15, 0.2) is 71.6 Å². The number of amides is 2. The molecule has 0 radical (unpaired) electrons. The SMILES string of the molecule is COc1ccc(NC(=O)CNC(=O)c2ccccc2F)cc1S(=O)(=O)Nc1ccccc1Cl. The smallest absolute Gasteiger partial charge is 0.265 e. The predicted octanol–water partition coefficient (Wildman–Crippen LogP) is 3.66. The van der Waals surface area contributed by atoms with Crippen LogP contribution < -0.4 is 20.1 Å². The van der Waals surface area contributed by atoms with Crippen molar-refractivity contribution in [2.75, 3.05) is 23.7 Å². The van der Waals surface area contributed by atoms with Crippen LogP contribution in [0, 0.1) is 5.82 Å². The molecule has 0 heterocycles. The minimum Gasteiger partial charge on any atom is -0.495 e. The molecule has 0 aliphatic rings. The second-order valence-corrected chi connectivity index (χ2v) is 8.72. The Morgan fingerprint density at radius 1 is 1.03 bits per heavy atom. The number of hydrogen-bond acceptors (Lipinski definition) is 5. The van der Waals surface area contributed by atoms with E-state index in [-0.39, 0.29) is 32.6 Å². The third-order valence-corrected chi connectivity index (χ3v) is 6.10. The lowest BCUT2D eigenvalue weighted by atomic mass is 10.2. The molecule has 0 saturated heterocycles. The van der Waals surface area contributed by atoms with Gasteiger partial charge in [0, 0.05) is 5.69 Å². The molecule has 0 bridgehead atoms. The molecule has 8 nitrogen and oxygen atoms in total. The highest BCUT2D eigenvalue weighted by Gasteiger charge is 2.22. The average Bonchev–Trinajstić information content (AvgIpc) is 2.79. The molecular weight excluding hydrogens is 473 g/mol. The third-order valence-electron chi connectivity index (χ3n) is 4.38. The second kappa shape index (κ2) is 10.3. The molecule has 3 rings (SSSR count).